The molecule has 0 unspecified atom stereocenters. The van der Waals surface area contributed by atoms with Gasteiger partial charge >= 0.3 is 0 Å². The maximum absolute atomic E-state index is 10.2. The molecular formula is C20H29ClN2O. The second-order valence-electron chi connectivity index (χ2n) is 6.53. The van der Waals surface area contributed by atoms with Crippen molar-refractivity contribution >= 4 is 18.1 Å². The molecule has 24 heavy (non-hydrogen) atoms. The Morgan fingerprint density at radius 1 is 0.958 bits per heavy atom. The van der Waals surface area contributed by atoms with E-state index in [1.807, 2.05) is 42.5 Å². The summed E-state index contributed by atoms with van der Waals surface area (Å²) in [5.74, 6) is 0.585. The van der Waals surface area contributed by atoms with Crippen molar-refractivity contribution in [2.24, 2.45) is 11.7 Å². The molecule has 3 nitrogen and oxygen atoms in total. The molecule has 0 aliphatic carbocycles. The zero-order chi connectivity index (χ0) is 16.7. The van der Waals surface area contributed by atoms with E-state index in [1.54, 1.807) is 0 Å². The number of halogens is 1. The smallest absolute Gasteiger partial charge is 0.0732 e. The van der Waals surface area contributed by atoms with Crippen molar-refractivity contribution in [2.75, 3.05) is 5.32 Å². The summed E-state index contributed by atoms with van der Waals surface area (Å²) < 4.78 is 0. The maximum Gasteiger partial charge on any atom is 0.0732 e. The van der Waals surface area contributed by atoms with Gasteiger partial charge in [0.1, 0.15) is 0 Å². The van der Waals surface area contributed by atoms with E-state index in [0.29, 0.717) is 5.92 Å². The number of aliphatic hydroxyl groups is 1. The number of nitrogens with one attached hydrogen (secondary N) is 1. The topological polar surface area (TPSA) is 58.3 Å². The van der Waals surface area contributed by atoms with Crippen molar-refractivity contribution in [3.05, 3.63) is 65.7 Å². The van der Waals surface area contributed by atoms with Gasteiger partial charge in [0.2, 0.25) is 0 Å². The van der Waals surface area contributed by atoms with Crippen LogP contribution < -0.4 is 11.1 Å². The lowest BCUT2D eigenvalue weighted by atomic mass is 9.96. The first-order valence-corrected chi connectivity index (χ1v) is 8.37. The molecule has 0 bridgehead atoms. The van der Waals surface area contributed by atoms with Crippen LogP contribution in [0, 0.1) is 5.92 Å². The van der Waals surface area contributed by atoms with Gasteiger partial charge in [0, 0.05) is 12.2 Å². The lowest BCUT2D eigenvalue weighted by molar-refractivity contribution is 0.128. The number of benzene rings is 2. The zero-order valence-electron chi connectivity index (χ0n) is 14.5. The molecule has 0 saturated heterocycles. The van der Waals surface area contributed by atoms with Gasteiger partial charge in [-0.2, -0.15) is 0 Å². The Balaban J connectivity index is 0.00000288. The highest BCUT2D eigenvalue weighted by molar-refractivity contribution is 5.85. The highest BCUT2D eigenvalue weighted by Crippen LogP contribution is 2.21. The monoisotopic (exact) mass is 348 g/mol. The SMILES string of the molecule is CC(C)CC[C@@H](O)[C@@H](N)c1ccc(NCc2ccccc2)cc1.Cl. The first-order chi connectivity index (χ1) is 11.1. The second kappa shape index (κ2) is 10.3. The average Bonchev–Trinajstić information content (AvgIpc) is 2.58. The molecule has 132 valence electrons. The normalized spacial score (nSPS) is 13.2. The molecule has 4 heteroatoms. The molecule has 0 aliphatic heterocycles. The van der Waals surface area contributed by atoms with E-state index in [0.717, 1.165) is 30.6 Å². The number of hydrogen-bond acceptors (Lipinski definition) is 3. The molecule has 2 aromatic carbocycles. The van der Waals surface area contributed by atoms with Gasteiger partial charge in [-0.25, -0.2) is 0 Å². The fraction of sp³-hybridized carbons (Fsp3) is 0.400. The molecular weight excluding hydrogens is 320 g/mol. The predicted octanol–water partition coefficient (Wildman–Crippen LogP) is 4.52. The molecule has 2 atom stereocenters. The first kappa shape index (κ1) is 20.5. The highest BCUT2D eigenvalue weighted by atomic mass is 35.5. The quantitative estimate of drug-likeness (QED) is 0.657. The Morgan fingerprint density at radius 3 is 2.17 bits per heavy atom. The summed E-state index contributed by atoms with van der Waals surface area (Å²) in [6.45, 7) is 5.11. The van der Waals surface area contributed by atoms with Crippen molar-refractivity contribution in [2.45, 2.75) is 45.4 Å². The Labute approximate surface area is 151 Å². The third kappa shape index (κ3) is 6.52. The van der Waals surface area contributed by atoms with Crippen molar-refractivity contribution in [1.29, 1.82) is 0 Å². The van der Waals surface area contributed by atoms with Gasteiger partial charge in [0.05, 0.1) is 12.1 Å². The third-order valence-electron chi connectivity index (χ3n) is 4.09. The minimum atomic E-state index is -0.486. The molecule has 0 aliphatic rings. The molecule has 0 aromatic heterocycles. The van der Waals surface area contributed by atoms with E-state index in [2.05, 4.69) is 31.3 Å². The fourth-order valence-corrected chi connectivity index (χ4v) is 2.53. The largest absolute Gasteiger partial charge is 0.391 e. The first-order valence-electron chi connectivity index (χ1n) is 8.37. The minimum Gasteiger partial charge on any atom is -0.391 e. The van der Waals surface area contributed by atoms with E-state index >= 15 is 0 Å². The number of rotatable bonds is 8. The number of nitrogens with two attached hydrogens (primary N) is 1. The van der Waals surface area contributed by atoms with Crippen molar-refractivity contribution in [3.8, 4) is 0 Å². The Hall–Kier alpha value is -1.55. The summed E-state index contributed by atoms with van der Waals surface area (Å²) in [4.78, 5) is 0. The van der Waals surface area contributed by atoms with E-state index in [1.165, 1.54) is 5.56 Å². The van der Waals surface area contributed by atoms with E-state index in [4.69, 9.17) is 5.73 Å². The van der Waals surface area contributed by atoms with Gasteiger partial charge in [-0.3, -0.25) is 0 Å². The lowest BCUT2D eigenvalue weighted by Crippen LogP contribution is -2.26. The Bertz CT molecular complexity index is 572. The van der Waals surface area contributed by atoms with Gasteiger partial charge < -0.3 is 16.2 Å². The van der Waals surface area contributed by atoms with Crippen molar-refractivity contribution in [1.82, 2.24) is 0 Å². The molecule has 0 radical (unpaired) electrons. The van der Waals surface area contributed by atoms with Crippen LogP contribution >= 0.6 is 12.4 Å². The molecule has 2 aromatic rings. The van der Waals surface area contributed by atoms with Gasteiger partial charge in [0.25, 0.3) is 0 Å². The van der Waals surface area contributed by atoms with Gasteiger partial charge in [-0.05, 0) is 42.0 Å². The summed E-state index contributed by atoms with van der Waals surface area (Å²) in [5, 5.41) is 13.6. The minimum absolute atomic E-state index is 0. The zero-order valence-corrected chi connectivity index (χ0v) is 15.3. The van der Waals surface area contributed by atoms with Crippen LogP contribution in [0.15, 0.2) is 54.6 Å². The molecule has 0 spiro atoms. The van der Waals surface area contributed by atoms with Gasteiger partial charge in [0.15, 0.2) is 0 Å². The summed E-state index contributed by atoms with van der Waals surface area (Å²) in [6.07, 6.45) is 1.25. The van der Waals surface area contributed by atoms with Crippen LogP contribution in [0.2, 0.25) is 0 Å². The molecule has 2 rings (SSSR count). The second-order valence-corrected chi connectivity index (χ2v) is 6.53. The molecule has 4 N–H and O–H groups in total. The number of hydrogen-bond donors (Lipinski definition) is 3. The Kier molecular flexibility index (Phi) is 8.83. The van der Waals surface area contributed by atoms with Crippen LogP contribution in [0.5, 0.6) is 0 Å². The predicted molar refractivity (Wildman–Crippen MR) is 104 cm³/mol. The molecule has 0 heterocycles. The molecule has 0 saturated carbocycles. The lowest BCUT2D eigenvalue weighted by Gasteiger charge is -2.20. The highest BCUT2D eigenvalue weighted by Gasteiger charge is 2.16. The maximum atomic E-state index is 10.2. The molecule has 0 amide bonds. The van der Waals surface area contributed by atoms with Crippen LogP contribution in [-0.2, 0) is 6.54 Å². The van der Waals surface area contributed by atoms with Crippen LogP contribution in [-0.4, -0.2) is 11.2 Å². The number of anilines is 1. The van der Waals surface area contributed by atoms with Gasteiger partial charge in [-0.15, -0.1) is 12.4 Å². The summed E-state index contributed by atoms with van der Waals surface area (Å²) in [5.41, 5.74) is 9.45. The molecule has 0 fully saturated rings. The standard InChI is InChI=1S/C20H28N2O.ClH/c1-15(2)8-13-19(23)20(21)17-9-11-18(12-10-17)22-14-16-6-4-3-5-7-16;/h3-7,9-12,15,19-20,22-23H,8,13-14,21H2,1-2H3;1H/t19-,20+;/m1./s1. The van der Waals surface area contributed by atoms with Crippen LogP contribution in [0.4, 0.5) is 5.69 Å². The summed E-state index contributed by atoms with van der Waals surface area (Å²) in [7, 11) is 0. The summed E-state index contributed by atoms with van der Waals surface area (Å²) in [6, 6.07) is 18.0. The van der Waals surface area contributed by atoms with Crippen LogP contribution in [0.3, 0.4) is 0 Å². The third-order valence-corrected chi connectivity index (χ3v) is 4.09. The number of aliphatic hydroxyl groups excluding tert-OH is 1. The van der Waals surface area contributed by atoms with E-state index in [-0.39, 0.29) is 18.4 Å². The van der Waals surface area contributed by atoms with E-state index < -0.39 is 6.10 Å². The summed E-state index contributed by atoms with van der Waals surface area (Å²) >= 11 is 0. The van der Waals surface area contributed by atoms with Crippen LogP contribution in [0.25, 0.3) is 0 Å². The van der Waals surface area contributed by atoms with E-state index in [9.17, 15) is 5.11 Å². The van der Waals surface area contributed by atoms with Crippen molar-refractivity contribution in [3.63, 3.8) is 0 Å². The van der Waals surface area contributed by atoms with Crippen LogP contribution in [0.1, 0.15) is 43.9 Å². The fourth-order valence-electron chi connectivity index (χ4n) is 2.53. The Morgan fingerprint density at radius 2 is 1.58 bits per heavy atom. The average molecular weight is 349 g/mol. The van der Waals surface area contributed by atoms with Gasteiger partial charge in [-0.1, -0.05) is 56.3 Å². The van der Waals surface area contributed by atoms with Crippen molar-refractivity contribution < 1.29 is 5.11 Å².